The third-order valence-electron chi connectivity index (χ3n) is 2.65. The normalized spacial score (nSPS) is 10.3. The van der Waals surface area contributed by atoms with Gasteiger partial charge in [-0.25, -0.2) is 4.98 Å². The van der Waals surface area contributed by atoms with E-state index in [4.69, 9.17) is 11.6 Å². The van der Waals surface area contributed by atoms with E-state index in [1.54, 1.807) is 18.5 Å². The molecule has 0 aliphatic carbocycles. The summed E-state index contributed by atoms with van der Waals surface area (Å²) >= 11 is 6.09. The molecule has 0 saturated heterocycles. The lowest BCUT2D eigenvalue weighted by Gasteiger charge is -2.08. The largest absolute Gasteiger partial charge is 0.369 e. The predicted molar refractivity (Wildman–Crippen MR) is 77.8 cm³/mol. The summed E-state index contributed by atoms with van der Waals surface area (Å²) in [6.45, 7) is 3.25. The van der Waals surface area contributed by atoms with Gasteiger partial charge in [-0.05, 0) is 12.5 Å². The van der Waals surface area contributed by atoms with Crippen LogP contribution in [0.3, 0.4) is 0 Å². The van der Waals surface area contributed by atoms with Crippen LogP contribution in [0, 0.1) is 0 Å². The second kappa shape index (κ2) is 6.91. The lowest BCUT2D eigenvalue weighted by molar-refractivity contribution is 0.0950. The Morgan fingerprint density at radius 3 is 2.95 bits per heavy atom. The van der Waals surface area contributed by atoms with Crippen LogP contribution in [0.4, 0.5) is 5.82 Å². The SMILES string of the molecule is CCCNc1ncc(C(=O)NCc2cn[nH]c2)cc1Cl. The third kappa shape index (κ3) is 3.71. The molecule has 7 heteroatoms. The Morgan fingerprint density at radius 1 is 1.45 bits per heavy atom. The summed E-state index contributed by atoms with van der Waals surface area (Å²) in [4.78, 5) is 16.1. The molecule has 0 aliphatic rings. The van der Waals surface area contributed by atoms with Crippen molar-refractivity contribution in [1.82, 2.24) is 20.5 Å². The van der Waals surface area contributed by atoms with E-state index < -0.39 is 0 Å². The molecule has 1 amide bonds. The standard InChI is InChI=1S/C13H16ClN5O/c1-2-3-15-12-11(14)4-10(8-16-12)13(20)17-5-9-6-18-19-7-9/h4,6-8H,2-3,5H2,1H3,(H,15,16)(H,17,20)(H,18,19). The molecular weight excluding hydrogens is 278 g/mol. The number of hydrogen-bond acceptors (Lipinski definition) is 4. The van der Waals surface area contributed by atoms with Gasteiger partial charge in [0.05, 0.1) is 16.8 Å². The first-order chi connectivity index (χ1) is 9.70. The Bertz CT molecular complexity index is 570. The minimum atomic E-state index is -0.220. The van der Waals surface area contributed by atoms with E-state index in [-0.39, 0.29) is 5.91 Å². The van der Waals surface area contributed by atoms with Crippen LogP contribution in [0.25, 0.3) is 0 Å². The van der Waals surface area contributed by atoms with Crippen molar-refractivity contribution in [3.8, 4) is 0 Å². The van der Waals surface area contributed by atoms with Crippen LogP contribution in [-0.4, -0.2) is 27.6 Å². The fourth-order valence-corrected chi connectivity index (χ4v) is 1.83. The van der Waals surface area contributed by atoms with Gasteiger partial charge in [-0.2, -0.15) is 5.10 Å². The van der Waals surface area contributed by atoms with E-state index in [9.17, 15) is 4.79 Å². The highest BCUT2D eigenvalue weighted by molar-refractivity contribution is 6.33. The van der Waals surface area contributed by atoms with E-state index in [1.165, 1.54) is 6.20 Å². The fourth-order valence-electron chi connectivity index (χ4n) is 1.59. The topological polar surface area (TPSA) is 82.7 Å². The van der Waals surface area contributed by atoms with Crippen molar-refractivity contribution >= 4 is 23.3 Å². The predicted octanol–water partition coefficient (Wildman–Crippen LogP) is 2.21. The van der Waals surface area contributed by atoms with Gasteiger partial charge in [-0.1, -0.05) is 18.5 Å². The molecule has 3 N–H and O–H groups in total. The number of carbonyl (C=O) groups excluding carboxylic acids is 1. The number of nitrogens with one attached hydrogen (secondary N) is 3. The monoisotopic (exact) mass is 293 g/mol. The molecule has 0 atom stereocenters. The highest BCUT2D eigenvalue weighted by atomic mass is 35.5. The summed E-state index contributed by atoms with van der Waals surface area (Å²) in [5.41, 5.74) is 1.33. The smallest absolute Gasteiger partial charge is 0.253 e. The lowest BCUT2D eigenvalue weighted by atomic mass is 10.2. The Balaban J connectivity index is 1.97. The number of nitrogens with zero attached hydrogens (tertiary/aromatic N) is 2. The minimum absolute atomic E-state index is 0.220. The van der Waals surface area contributed by atoms with Gasteiger partial charge in [0.25, 0.3) is 5.91 Å². The molecule has 106 valence electrons. The van der Waals surface area contributed by atoms with Gasteiger partial charge in [0.15, 0.2) is 0 Å². The number of anilines is 1. The van der Waals surface area contributed by atoms with Crippen LogP contribution in [0.15, 0.2) is 24.7 Å². The number of amides is 1. The zero-order valence-corrected chi connectivity index (χ0v) is 11.9. The number of aromatic amines is 1. The van der Waals surface area contributed by atoms with Crippen molar-refractivity contribution in [2.24, 2.45) is 0 Å². The zero-order chi connectivity index (χ0) is 14.4. The van der Waals surface area contributed by atoms with Crippen LogP contribution < -0.4 is 10.6 Å². The molecule has 2 aromatic heterocycles. The molecule has 2 aromatic rings. The molecule has 6 nitrogen and oxygen atoms in total. The summed E-state index contributed by atoms with van der Waals surface area (Å²) in [6, 6.07) is 1.61. The van der Waals surface area contributed by atoms with E-state index in [0.29, 0.717) is 22.9 Å². The second-order valence-corrected chi connectivity index (χ2v) is 4.68. The molecular formula is C13H16ClN5O. The molecule has 0 spiro atoms. The zero-order valence-electron chi connectivity index (χ0n) is 11.1. The maximum Gasteiger partial charge on any atom is 0.253 e. The Kier molecular flexibility index (Phi) is 4.95. The van der Waals surface area contributed by atoms with Gasteiger partial charge in [-0.15, -0.1) is 0 Å². The third-order valence-corrected chi connectivity index (χ3v) is 2.94. The first kappa shape index (κ1) is 14.3. The molecule has 0 aromatic carbocycles. The van der Waals surface area contributed by atoms with Gasteiger partial charge in [0.1, 0.15) is 5.82 Å². The average molecular weight is 294 g/mol. The molecule has 0 bridgehead atoms. The Labute approximate surface area is 121 Å². The van der Waals surface area contributed by atoms with Crippen molar-refractivity contribution in [2.45, 2.75) is 19.9 Å². The molecule has 2 heterocycles. The number of pyridine rings is 1. The minimum Gasteiger partial charge on any atom is -0.369 e. The first-order valence-electron chi connectivity index (χ1n) is 6.36. The molecule has 20 heavy (non-hydrogen) atoms. The second-order valence-electron chi connectivity index (χ2n) is 4.27. The maximum absolute atomic E-state index is 12.0. The van der Waals surface area contributed by atoms with Gasteiger partial charge < -0.3 is 10.6 Å². The lowest BCUT2D eigenvalue weighted by Crippen LogP contribution is -2.22. The maximum atomic E-state index is 12.0. The van der Waals surface area contributed by atoms with Crippen LogP contribution in [0.1, 0.15) is 29.3 Å². The summed E-state index contributed by atoms with van der Waals surface area (Å²) < 4.78 is 0. The number of carbonyl (C=O) groups is 1. The first-order valence-corrected chi connectivity index (χ1v) is 6.73. The average Bonchev–Trinajstić information content (AvgIpc) is 2.96. The van der Waals surface area contributed by atoms with Crippen molar-refractivity contribution in [3.63, 3.8) is 0 Å². The summed E-state index contributed by atoms with van der Waals surface area (Å²) in [6.07, 6.45) is 5.87. The Hall–Kier alpha value is -2.08. The molecule has 0 saturated carbocycles. The van der Waals surface area contributed by atoms with E-state index in [1.807, 2.05) is 0 Å². The summed E-state index contributed by atoms with van der Waals surface area (Å²) in [7, 11) is 0. The fraction of sp³-hybridized carbons (Fsp3) is 0.308. The van der Waals surface area contributed by atoms with Crippen molar-refractivity contribution in [3.05, 3.63) is 40.8 Å². The molecule has 0 unspecified atom stereocenters. The van der Waals surface area contributed by atoms with Gasteiger partial charge >= 0.3 is 0 Å². The summed E-state index contributed by atoms with van der Waals surface area (Å²) in [5.74, 6) is 0.377. The number of rotatable bonds is 6. The molecule has 0 fully saturated rings. The van der Waals surface area contributed by atoms with Crippen molar-refractivity contribution in [2.75, 3.05) is 11.9 Å². The number of H-pyrrole nitrogens is 1. The van der Waals surface area contributed by atoms with Crippen LogP contribution >= 0.6 is 11.6 Å². The van der Waals surface area contributed by atoms with E-state index in [2.05, 4.69) is 32.7 Å². The number of aromatic nitrogens is 3. The van der Waals surface area contributed by atoms with Crippen molar-refractivity contribution < 1.29 is 4.79 Å². The molecule has 2 rings (SSSR count). The quantitative estimate of drug-likeness (QED) is 0.762. The van der Waals surface area contributed by atoms with E-state index in [0.717, 1.165) is 18.5 Å². The molecule has 0 aliphatic heterocycles. The number of hydrogen-bond donors (Lipinski definition) is 3. The van der Waals surface area contributed by atoms with Gasteiger partial charge in [-0.3, -0.25) is 9.89 Å². The Morgan fingerprint density at radius 2 is 2.30 bits per heavy atom. The summed E-state index contributed by atoms with van der Waals surface area (Å²) in [5, 5.41) is 12.8. The van der Waals surface area contributed by atoms with Crippen molar-refractivity contribution in [1.29, 1.82) is 0 Å². The van der Waals surface area contributed by atoms with Crippen LogP contribution in [0.5, 0.6) is 0 Å². The van der Waals surface area contributed by atoms with Gasteiger partial charge in [0.2, 0.25) is 0 Å². The highest BCUT2D eigenvalue weighted by Gasteiger charge is 2.09. The van der Waals surface area contributed by atoms with E-state index >= 15 is 0 Å². The van der Waals surface area contributed by atoms with Gasteiger partial charge in [0, 0.05) is 31.0 Å². The van der Waals surface area contributed by atoms with Crippen LogP contribution in [0.2, 0.25) is 5.02 Å². The van der Waals surface area contributed by atoms with Crippen LogP contribution in [-0.2, 0) is 6.54 Å². The molecule has 0 radical (unpaired) electrons. The highest BCUT2D eigenvalue weighted by Crippen LogP contribution is 2.20. The number of halogens is 1.